The summed E-state index contributed by atoms with van der Waals surface area (Å²) < 4.78 is 11.5. The first kappa shape index (κ1) is 14.4. The van der Waals surface area contributed by atoms with Crippen molar-refractivity contribution in [3.63, 3.8) is 0 Å². The number of likely N-dealkylation sites (N-methyl/N-ethyl adjacent to an activating group) is 1. The quantitative estimate of drug-likeness (QED) is 0.872. The van der Waals surface area contributed by atoms with Crippen LogP contribution >= 0.6 is 0 Å². The van der Waals surface area contributed by atoms with Gasteiger partial charge in [0.05, 0.1) is 12.1 Å². The van der Waals surface area contributed by atoms with E-state index in [0.29, 0.717) is 18.7 Å². The van der Waals surface area contributed by atoms with Gasteiger partial charge in [-0.2, -0.15) is 0 Å². The van der Waals surface area contributed by atoms with Crippen molar-refractivity contribution in [3.8, 4) is 11.5 Å². The van der Waals surface area contributed by atoms with Crippen molar-refractivity contribution in [1.29, 1.82) is 0 Å². The fourth-order valence-corrected chi connectivity index (χ4v) is 2.36. The Bertz CT molecular complexity index is 670. The first-order chi connectivity index (χ1) is 10.6. The number of carbonyl (C=O) groups is 1. The van der Waals surface area contributed by atoms with E-state index in [2.05, 4.69) is 4.98 Å². The molecule has 2 heterocycles. The summed E-state index contributed by atoms with van der Waals surface area (Å²) in [5.74, 6) is 1.39. The van der Waals surface area contributed by atoms with Gasteiger partial charge < -0.3 is 14.4 Å². The normalized spacial score (nSPS) is 16.2. The number of fused-ring (bicyclic) bond motifs is 1. The first-order valence-corrected chi connectivity index (χ1v) is 7.20. The van der Waals surface area contributed by atoms with Crippen molar-refractivity contribution >= 4 is 5.91 Å². The Labute approximate surface area is 129 Å². The molecule has 0 fully saturated rings. The molecule has 0 radical (unpaired) electrons. The summed E-state index contributed by atoms with van der Waals surface area (Å²) in [5, 5.41) is 0. The van der Waals surface area contributed by atoms with E-state index in [1.165, 1.54) is 0 Å². The van der Waals surface area contributed by atoms with Crippen molar-refractivity contribution in [2.75, 3.05) is 20.2 Å². The molecule has 1 atom stereocenters. The summed E-state index contributed by atoms with van der Waals surface area (Å²) in [4.78, 5) is 18.2. The summed E-state index contributed by atoms with van der Waals surface area (Å²) in [7, 11) is 1.76. The summed E-state index contributed by atoms with van der Waals surface area (Å²) in [6, 6.07) is 11.2. The Balaban J connectivity index is 1.64. The fourth-order valence-electron chi connectivity index (χ4n) is 2.36. The molecule has 1 amide bonds. The highest BCUT2D eigenvalue weighted by molar-refractivity contribution is 5.93. The molecule has 1 aromatic carbocycles. The van der Waals surface area contributed by atoms with Crippen molar-refractivity contribution in [3.05, 3.63) is 53.9 Å². The Hall–Kier alpha value is -2.56. The van der Waals surface area contributed by atoms with Crippen LogP contribution in [0.3, 0.4) is 0 Å². The number of nitrogens with zero attached hydrogens (tertiary/aromatic N) is 2. The molecule has 5 heteroatoms. The van der Waals surface area contributed by atoms with Crippen LogP contribution in [0.25, 0.3) is 0 Å². The van der Waals surface area contributed by atoms with Gasteiger partial charge in [0, 0.05) is 18.9 Å². The number of hydrogen-bond donors (Lipinski definition) is 0. The van der Waals surface area contributed by atoms with Gasteiger partial charge in [-0.1, -0.05) is 12.1 Å². The van der Waals surface area contributed by atoms with Crippen molar-refractivity contribution in [2.45, 2.75) is 13.0 Å². The molecule has 0 saturated heterocycles. The van der Waals surface area contributed by atoms with Crippen molar-refractivity contribution in [1.82, 2.24) is 9.88 Å². The smallest absolute Gasteiger partial charge is 0.255 e. The van der Waals surface area contributed by atoms with Crippen LogP contribution in [0.4, 0.5) is 0 Å². The van der Waals surface area contributed by atoms with Crippen LogP contribution in [0.1, 0.15) is 16.1 Å². The van der Waals surface area contributed by atoms with E-state index < -0.39 is 0 Å². The average molecular weight is 298 g/mol. The van der Waals surface area contributed by atoms with Gasteiger partial charge in [-0.15, -0.1) is 0 Å². The van der Waals surface area contributed by atoms with Crippen LogP contribution in [0.2, 0.25) is 0 Å². The van der Waals surface area contributed by atoms with E-state index in [1.807, 2.05) is 37.3 Å². The van der Waals surface area contributed by atoms with Crippen molar-refractivity contribution < 1.29 is 14.3 Å². The maximum Gasteiger partial charge on any atom is 0.255 e. The zero-order valence-corrected chi connectivity index (χ0v) is 12.7. The monoisotopic (exact) mass is 298 g/mol. The van der Waals surface area contributed by atoms with E-state index in [9.17, 15) is 4.79 Å². The molecular formula is C17H18N2O3. The highest BCUT2D eigenvalue weighted by Gasteiger charge is 2.24. The second-order valence-electron chi connectivity index (χ2n) is 5.37. The molecule has 3 rings (SSSR count). The number of amides is 1. The van der Waals surface area contributed by atoms with Crippen LogP contribution in [0, 0.1) is 6.92 Å². The molecule has 1 aliphatic heterocycles. The summed E-state index contributed by atoms with van der Waals surface area (Å²) in [5.41, 5.74) is 1.46. The highest BCUT2D eigenvalue weighted by Crippen LogP contribution is 2.30. The predicted molar refractivity (Wildman–Crippen MR) is 82.3 cm³/mol. The highest BCUT2D eigenvalue weighted by atomic mass is 16.6. The first-order valence-electron chi connectivity index (χ1n) is 7.20. The van der Waals surface area contributed by atoms with Gasteiger partial charge in [-0.05, 0) is 31.2 Å². The lowest BCUT2D eigenvalue weighted by Crippen LogP contribution is -2.41. The Kier molecular flexibility index (Phi) is 3.96. The minimum absolute atomic E-state index is 0.0741. The summed E-state index contributed by atoms with van der Waals surface area (Å²) in [6.45, 7) is 2.78. The topological polar surface area (TPSA) is 51.7 Å². The number of aryl methyl sites for hydroxylation is 1. The molecule has 0 N–H and O–H groups in total. The van der Waals surface area contributed by atoms with E-state index >= 15 is 0 Å². The van der Waals surface area contributed by atoms with Gasteiger partial charge in [0.1, 0.15) is 6.61 Å². The number of rotatable bonds is 3. The second-order valence-corrected chi connectivity index (χ2v) is 5.37. The van der Waals surface area contributed by atoms with E-state index in [4.69, 9.17) is 9.47 Å². The lowest BCUT2D eigenvalue weighted by Gasteiger charge is -2.29. The van der Waals surface area contributed by atoms with Gasteiger partial charge in [0.25, 0.3) is 5.91 Å². The lowest BCUT2D eigenvalue weighted by molar-refractivity contribution is 0.0520. The molecule has 0 aliphatic carbocycles. The zero-order valence-electron chi connectivity index (χ0n) is 12.7. The number of hydrogen-bond acceptors (Lipinski definition) is 4. The third-order valence-electron chi connectivity index (χ3n) is 3.55. The van der Waals surface area contributed by atoms with Crippen LogP contribution in [-0.4, -0.2) is 42.1 Å². The van der Waals surface area contributed by atoms with E-state index in [0.717, 1.165) is 17.2 Å². The number of para-hydroxylation sites is 2. The molecule has 5 nitrogen and oxygen atoms in total. The maximum atomic E-state index is 12.4. The minimum atomic E-state index is -0.178. The Morgan fingerprint density at radius 1 is 1.27 bits per heavy atom. The van der Waals surface area contributed by atoms with Crippen molar-refractivity contribution in [2.24, 2.45) is 0 Å². The lowest BCUT2D eigenvalue weighted by atomic mass is 10.2. The molecular weight excluding hydrogens is 280 g/mol. The molecule has 114 valence electrons. The maximum absolute atomic E-state index is 12.4. The zero-order chi connectivity index (χ0) is 15.5. The van der Waals surface area contributed by atoms with E-state index in [-0.39, 0.29) is 12.0 Å². The summed E-state index contributed by atoms with van der Waals surface area (Å²) in [6.07, 6.45) is 1.42. The van der Waals surface area contributed by atoms with Gasteiger partial charge in [0.15, 0.2) is 17.6 Å². The Morgan fingerprint density at radius 3 is 2.77 bits per heavy atom. The largest absolute Gasteiger partial charge is 0.486 e. The predicted octanol–water partition coefficient (Wildman–Crippen LogP) is 2.30. The SMILES string of the molecule is Cc1ccc(C(=O)N(C)C[C@@H]2COc3ccccc3O2)cn1. The average Bonchev–Trinajstić information content (AvgIpc) is 2.55. The van der Waals surface area contributed by atoms with Crippen LogP contribution in [0.15, 0.2) is 42.6 Å². The molecule has 0 bridgehead atoms. The van der Waals surface area contributed by atoms with Gasteiger partial charge in [0.2, 0.25) is 0 Å². The molecule has 2 aromatic rings. The molecule has 1 aliphatic rings. The molecule has 0 unspecified atom stereocenters. The third-order valence-corrected chi connectivity index (χ3v) is 3.55. The van der Waals surface area contributed by atoms with Gasteiger partial charge >= 0.3 is 0 Å². The second kappa shape index (κ2) is 6.05. The standard InChI is InChI=1S/C17H18N2O3/c1-12-7-8-13(9-18-12)17(20)19(2)10-14-11-21-15-5-3-4-6-16(15)22-14/h3-9,14H,10-11H2,1-2H3/t14-/m1/s1. The van der Waals surface area contributed by atoms with Crippen LogP contribution in [0.5, 0.6) is 11.5 Å². The number of carbonyl (C=O) groups excluding carboxylic acids is 1. The number of aromatic nitrogens is 1. The summed E-state index contributed by atoms with van der Waals surface area (Å²) >= 11 is 0. The fraction of sp³-hybridized carbons (Fsp3) is 0.294. The van der Waals surface area contributed by atoms with Crippen LogP contribution in [-0.2, 0) is 0 Å². The van der Waals surface area contributed by atoms with Gasteiger partial charge in [-0.25, -0.2) is 0 Å². The number of ether oxygens (including phenoxy) is 2. The molecule has 1 aromatic heterocycles. The number of pyridine rings is 1. The number of benzene rings is 1. The molecule has 0 spiro atoms. The van der Waals surface area contributed by atoms with Crippen LogP contribution < -0.4 is 9.47 Å². The third kappa shape index (κ3) is 3.03. The molecule has 22 heavy (non-hydrogen) atoms. The minimum Gasteiger partial charge on any atom is -0.486 e. The Morgan fingerprint density at radius 2 is 2.05 bits per heavy atom. The van der Waals surface area contributed by atoms with E-state index in [1.54, 1.807) is 24.2 Å². The molecule has 0 saturated carbocycles. The van der Waals surface area contributed by atoms with Gasteiger partial charge in [-0.3, -0.25) is 9.78 Å².